The van der Waals surface area contributed by atoms with Gasteiger partial charge in [-0.15, -0.1) is 0 Å². The molecule has 27 heavy (non-hydrogen) atoms. The predicted octanol–water partition coefficient (Wildman–Crippen LogP) is 3.68. The predicted molar refractivity (Wildman–Crippen MR) is 108 cm³/mol. The molecule has 4 rings (SSSR count). The number of carbonyl (C=O) groups is 1. The minimum Gasteiger partial charge on any atom is -0.351 e. The number of aryl methyl sites for hydroxylation is 1. The number of benzene rings is 2. The third-order valence-corrected chi connectivity index (χ3v) is 5.80. The minimum absolute atomic E-state index is 0.0818. The fourth-order valence-corrected chi connectivity index (χ4v) is 4.08. The van der Waals surface area contributed by atoms with Crippen molar-refractivity contribution >= 4 is 16.7 Å². The zero-order valence-corrected chi connectivity index (χ0v) is 15.6. The Morgan fingerprint density at radius 2 is 1.70 bits per heavy atom. The van der Waals surface area contributed by atoms with E-state index in [0.29, 0.717) is 22.9 Å². The molecule has 1 fully saturated rings. The van der Waals surface area contributed by atoms with Gasteiger partial charge in [-0.1, -0.05) is 55.0 Å². The maximum atomic E-state index is 12.9. The molecule has 1 saturated carbocycles. The maximum absolute atomic E-state index is 12.9. The van der Waals surface area contributed by atoms with Gasteiger partial charge in [0, 0.05) is 30.6 Å². The number of amides is 1. The Kier molecular flexibility index (Phi) is 4.56. The van der Waals surface area contributed by atoms with Crippen molar-refractivity contribution in [2.24, 2.45) is 12.5 Å². The van der Waals surface area contributed by atoms with Crippen molar-refractivity contribution < 1.29 is 4.79 Å². The first-order valence-corrected chi connectivity index (χ1v) is 9.49. The van der Waals surface area contributed by atoms with Gasteiger partial charge in [-0.25, -0.2) is 0 Å². The SMILES string of the molecule is Cn1cc(C(=O)NCC2(Cc3ccccc3)CCC2)c2ccccc2c1=O. The second-order valence-corrected chi connectivity index (χ2v) is 7.70. The monoisotopic (exact) mass is 360 g/mol. The lowest BCUT2D eigenvalue weighted by Gasteiger charge is -2.42. The molecule has 2 aromatic carbocycles. The summed E-state index contributed by atoms with van der Waals surface area (Å²) in [6.45, 7) is 0.665. The van der Waals surface area contributed by atoms with E-state index in [2.05, 4.69) is 29.6 Å². The lowest BCUT2D eigenvalue weighted by atomic mass is 9.65. The van der Waals surface area contributed by atoms with Crippen molar-refractivity contribution in [3.63, 3.8) is 0 Å². The molecule has 138 valence electrons. The zero-order chi connectivity index (χ0) is 18.9. The molecule has 1 heterocycles. The van der Waals surface area contributed by atoms with Crippen LogP contribution in [0.15, 0.2) is 65.6 Å². The van der Waals surface area contributed by atoms with Gasteiger partial charge in [0.25, 0.3) is 11.5 Å². The molecule has 0 bridgehead atoms. The van der Waals surface area contributed by atoms with E-state index in [0.717, 1.165) is 19.3 Å². The summed E-state index contributed by atoms with van der Waals surface area (Å²) in [5, 5.41) is 4.44. The van der Waals surface area contributed by atoms with Crippen molar-refractivity contribution in [3.05, 3.63) is 82.3 Å². The van der Waals surface area contributed by atoms with Crippen LogP contribution in [-0.2, 0) is 13.5 Å². The van der Waals surface area contributed by atoms with Crippen LogP contribution in [0.2, 0.25) is 0 Å². The van der Waals surface area contributed by atoms with Gasteiger partial charge in [0.05, 0.1) is 5.56 Å². The van der Waals surface area contributed by atoms with Crippen LogP contribution in [-0.4, -0.2) is 17.0 Å². The number of nitrogens with zero attached hydrogens (tertiary/aromatic N) is 1. The molecular formula is C23H24N2O2. The van der Waals surface area contributed by atoms with Crippen molar-refractivity contribution in [1.29, 1.82) is 0 Å². The highest BCUT2D eigenvalue weighted by atomic mass is 16.2. The van der Waals surface area contributed by atoms with Gasteiger partial charge < -0.3 is 9.88 Å². The van der Waals surface area contributed by atoms with E-state index >= 15 is 0 Å². The van der Waals surface area contributed by atoms with Gasteiger partial charge in [-0.3, -0.25) is 9.59 Å². The molecule has 1 aliphatic carbocycles. The number of carbonyl (C=O) groups excluding carboxylic acids is 1. The van der Waals surface area contributed by atoms with Gasteiger partial charge in [0.15, 0.2) is 0 Å². The average Bonchev–Trinajstić information content (AvgIpc) is 2.67. The topological polar surface area (TPSA) is 51.1 Å². The van der Waals surface area contributed by atoms with E-state index in [9.17, 15) is 9.59 Å². The molecule has 0 radical (unpaired) electrons. The van der Waals surface area contributed by atoms with Crippen molar-refractivity contribution in [2.45, 2.75) is 25.7 Å². The van der Waals surface area contributed by atoms with Gasteiger partial charge in [0.2, 0.25) is 0 Å². The van der Waals surface area contributed by atoms with Gasteiger partial charge in [-0.2, -0.15) is 0 Å². The smallest absolute Gasteiger partial charge is 0.258 e. The van der Waals surface area contributed by atoms with Crippen LogP contribution in [0.3, 0.4) is 0 Å². The number of pyridine rings is 1. The normalized spacial score (nSPS) is 15.3. The molecule has 0 unspecified atom stereocenters. The summed E-state index contributed by atoms with van der Waals surface area (Å²) in [7, 11) is 1.69. The highest BCUT2D eigenvalue weighted by Gasteiger charge is 2.37. The van der Waals surface area contributed by atoms with Crippen LogP contribution < -0.4 is 10.9 Å². The first-order chi connectivity index (χ1) is 13.1. The van der Waals surface area contributed by atoms with E-state index in [1.54, 1.807) is 19.3 Å². The summed E-state index contributed by atoms with van der Waals surface area (Å²) in [4.78, 5) is 25.2. The molecule has 4 nitrogen and oxygen atoms in total. The van der Waals surface area contributed by atoms with E-state index in [-0.39, 0.29) is 16.9 Å². The summed E-state index contributed by atoms with van der Waals surface area (Å²) >= 11 is 0. The van der Waals surface area contributed by atoms with Gasteiger partial charge >= 0.3 is 0 Å². The van der Waals surface area contributed by atoms with E-state index in [1.165, 1.54) is 16.6 Å². The fraction of sp³-hybridized carbons (Fsp3) is 0.304. The number of rotatable bonds is 5. The standard InChI is InChI=1S/C23H24N2O2/c1-25-15-20(18-10-5-6-11-19(18)22(25)27)21(26)24-16-23(12-7-13-23)14-17-8-3-2-4-9-17/h2-6,8-11,15H,7,12-14,16H2,1H3,(H,24,26). The number of fused-ring (bicyclic) bond motifs is 1. The van der Waals surface area contributed by atoms with Crippen molar-refractivity contribution in [2.75, 3.05) is 6.54 Å². The van der Waals surface area contributed by atoms with Crippen LogP contribution in [0.5, 0.6) is 0 Å². The Hall–Kier alpha value is -2.88. The maximum Gasteiger partial charge on any atom is 0.258 e. The van der Waals surface area contributed by atoms with Gasteiger partial charge in [-0.05, 0) is 36.3 Å². The molecule has 3 aromatic rings. The Labute approximate surface area is 158 Å². The molecule has 0 atom stereocenters. The number of hydrogen-bond acceptors (Lipinski definition) is 2. The average molecular weight is 360 g/mol. The van der Waals surface area contributed by atoms with Crippen LogP contribution in [0.4, 0.5) is 0 Å². The highest BCUT2D eigenvalue weighted by Crippen LogP contribution is 2.43. The molecule has 1 aliphatic rings. The largest absolute Gasteiger partial charge is 0.351 e. The third kappa shape index (κ3) is 3.39. The van der Waals surface area contributed by atoms with Gasteiger partial charge in [0.1, 0.15) is 0 Å². The summed E-state index contributed by atoms with van der Waals surface area (Å²) in [5.41, 5.74) is 1.94. The first-order valence-electron chi connectivity index (χ1n) is 9.49. The third-order valence-electron chi connectivity index (χ3n) is 5.80. The van der Waals surface area contributed by atoms with Crippen molar-refractivity contribution in [3.8, 4) is 0 Å². The Morgan fingerprint density at radius 3 is 2.37 bits per heavy atom. The molecular weight excluding hydrogens is 336 g/mol. The summed E-state index contributed by atoms with van der Waals surface area (Å²) in [5.74, 6) is -0.110. The lowest BCUT2D eigenvalue weighted by molar-refractivity contribution is 0.0860. The van der Waals surface area contributed by atoms with Crippen LogP contribution >= 0.6 is 0 Å². The zero-order valence-electron chi connectivity index (χ0n) is 15.6. The molecule has 0 aliphatic heterocycles. The number of aromatic nitrogens is 1. The quantitative estimate of drug-likeness (QED) is 0.755. The summed E-state index contributed by atoms with van der Waals surface area (Å²) < 4.78 is 1.49. The lowest BCUT2D eigenvalue weighted by Crippen LogP contribution is -2.43. The van der Waals surface area contributed by atoms with E-state index in [1.807, 2.05) is 24.3 Å². The summed E-state index contributed by atoms with van der Waals surface area (Å²) in [6, 6.07) is 17.8. The summed E-state index contributed by atoms with van der Waals surface area (Å²) in [6.07, 6.45) is 6.12. The Bertz CT molecular complexity index is 1030. The minimum atomic E-state index is -0.110. The van der Waals surface area contributed by atoms with Crippen molar-refractivity contribution in [1.82, 2.24) is 9.88 Å². The van der Waals surface area contributed by atoms with Crippen LogP contribution in [0.1, 0.15) is 35.2 Å². The second kappa shape index (κ2) is 7.03. The molecule has 1 N–H and O–H groups in total. The van der Waals surface area contributed by atoms with Crippen LogP contribution in [0, 0.1) is 5.41 Å². The number of hydrogen-bond donors (Lipinski definition) is 1. The number of nitrogens with one attached hydrogen (secondary N) is 1. The molecule has 0 spiro atoms. The van der Waals surface area contributed by atoms with E-state index < -0.39 is 0 Å². The fourth-order valence-electron chi connectivity index (χ4n) is 4.08. The Balaban J connectivity index is 1.55. The molecule has 1 amide bonds. The first kappa shape index (κ1) is 17.5. The Morgan fingerprint density at radius 1 is 1.04 bits per heavy atom. The molecule has 1 aromatic heterocycles. The second-order valence-electron chi connectivity index (χ2n) is 7.70. The van der Waals surface area contributed by atoms with Crippen LogP contribution in [0.25, 0.3) is 10.8 Å². The highest BCUT2D eigenvalue weighted by molar-refractivity contribution is 6.06. The van der Waals surface area contributed by atoms with E-state index in [4.69, 9.17) is 0 Å². The molecule has 4 heteroatoms. The molecule has 0 saturated heterocycles.